The molecule has 3 aromatic rings. The van der Waals surface area contributed by atoms with Crippen molar-refractivity contribution in [2.75, 3.05) is 0 Å². The molecular weight excluding hydrogens is 484 g/mol. The lowest BCUT2D eigenvalue weighted by molar-refractivity contribution is -0.0869. The normalized spacial score (nSPS) is 35.0. The van der Waals surface area contributed by atoms with Gasteiger partial charge in [-0.1, -0.05) is 51.7 Å². The molecule has 2 aliphatic carbocycles. The van der Waals surface area contributed by atoms with Crippen molar-refractivity contribution >= 4 is 11.0 Å². The largest absolute Gasteiger partial charge is 0.329 e. The number of H-pyrrole nitrogens is 1. The van der Waals surface area contributed by atoms with E-state index in [1.54, 1.807) is 18.3 Å². The molecule has 8 atom stereocenters. The van der Waals surface area contributed by atoms with E-state index in [-0.39, 0.29) is 22.9 Å². The topological polar surface area (TPSA) is 71.0 Å². The van der Waals surface area contributed by atoms with Crippen LogP contribution in [0, 0.1) is 23.7 Å². The zero-order chi connectivity index (χ0) is 26.7. The number of benzene rings is 1. The number of nitrogens with zero attached hydrogens (tertiary/aromatic N) is 3. The average Bonchev–Trinajstić information content (AvgIpc) is 3.10. The van der Waals surface area contributed by atoms with E-state index in [0.29, 0.717) is 35.5 Å². The smallest absolute Gasteiger partial charge is 0.278 e. The molecule has 0 amide bonds. The molecule has 206 valence electrons. The van der Waals surface area contributed by atoms with E-state index >= 15 is 0 Å². The molecule has 7 rings (SSSR count). The molecule has 1 N–H and O–H groups in total. The standard InChI is InChI=1S/C33H42N4O2/c1-20-14-21(2)30-19-25(18-29(20)36(30)24-16-22-8-3-4-9-23(15-22)17-24)37-28-12-6-5-11-27(28)35-31(33(37)39)26-10-7-13-34-32(26)38/h5-7,10-13,20-25,29-30H,3-4,8-9,14-19H2,1-2H3,(H,34,38)/t20-,21+,22-,23+,24?,25?,29+,30-. The molecule has 4 fully saturated rings. The van der Waals surface area contributed by atoms with Crippen LogP contribution in [0.1, 0.15) is 84.1 Å². The van der Waals surface area contributed by atoms with Crippen LogP contribution in [-0.2, 0) is 0 Å². The van der Waals surface area contributed by atoms with Gasteiger partial charge in [-0.2, -0.15) is 0 Å². The maximum Gasteiger partial charge on any atom is 0.278 e. The molecule has 4 heterocycles. The van der Waals surface area contributed by atoms with Gasteiger partial charge in [0.25, 0.3) is 11.1 Å². The van der Waals surface area contributed by atoms with Crippen LogP contribution in [-0.4, -0.2) is 37.6 Å². The van der Waals surface area contributed by atoms with Gasteiger partial charge in [0.2, 0.25) is 0 Å². The van der Waals surface area contributed by atoms with Crippen molar-refractivity contribution < 1.29 is 0 Å². The summed E-state index contributed by atoms with van der Waals surface area (Å²) in [6, 6.07) is 13.2. The van der Waals surface area contributed by atoms with Gasteiger partial charge in [-0.05, 0) is 86.5 Å². The molecule has 0 radical (unpaired) electrons. The predicted molar refractivity (Wildman–Crippen MR) is 156 cm³/mol. The minimum Gasteiger partial charge on any atom is -0.329 e. The van der Waals surface area contributed by atoms with Crippen LogP contribution in [0.4, 0.5) is 0 Å². The summed E-state index contributed by atoms with van der Waals surface area (Å²) >= 11 is 0. The van der Waals surface area contributed by atoms with Gasteiger partial charge in [0.1, 0.15) is 5.69 Å². The third-order valence-corrected chi connectivity index (χ3v) is 10.9. The highest BCUT2D eigenvalue weighted by Gasteiger charge is 2.49. The van der Waals surface area contributed by atoms with E-state index in [1.165, 1.54) is 51.4 Å². The van der Waals surface area contributed by atoms with Crippen LogP contribution in [0.2, 0.25) is 0 Å². The monoisotopic (exact) mass is 526 g/mol. The second kappa shape index (κ2) is 10.0. The maximum atomic E-state index is 14.2. The zero-order valence-corrected chi connectivity index (χ0v) is 23.4. The van der Waals surface area contributed by atoms with Crippen molar-refractivity contribution in [1.29, 1.82) is 0 Å². The van der Waals surface area contributed by atoms with Gasteiger partial charge >= 0.3 is 0 Å². The van der Waals surface area contributed by atoms with Gasteiger partial charge in [-0.25, -0.2) is 4.98 Å². The van der Waals surface area contributed by atoms with Crippen molar-refractivity contribution in [3.05, 3.63) is 63.3 Å². The Morgan fingerprint density at radius 3 is 2.18 bits per heavy atom. The number of piperidine rings is 2. The molecule has 6 heteroatoms. The van der Waals surface area contributed by atoms with E-state index in [1.807, 2.05) is 28.8 Å². The maximum absolute atomic E-state index is 14.2. The molecule has 2 aliphatic heterocycles. The highest BCUT2D eigenvalue weighted by atomic mass is 16.1. The number of aromatic nitrogens is 3. The molecule has 1 aromatic carbocycles. The first-order valence-electron chi connectivity index (χ1n) is 15.4. The minimum atomic E-state index is -0.267. The number of rotatable bonds is 3. The summed E-state index contributed by atoms with van der Waals surface area (Å²) in [6.45, 7) is 4.90. The first-order chi connectivity index (χ1) is 19.0. The summed E-state index contributed by atoms with van der Waals surface area (Å²) in [4.78, 5) is 37.4. The molecule has 0 spiro atoms. The second-order valence-electron chi connectivity index (χ2n) is 13.3. The fourth-order valence-corrected chi connectivity index (χ4v) is 9.26. The molecule has 39 heavy (non-hydrogen) atoms. The highest BCUT2D eigenvalue weighted by molar-refractivity contribution is 5.77. The van der Waals surface area contributed by atoms with Crippen LogP contribution in [0.25, 0.3) is 22.3 Å². The van der Waals surface area contributed by atoms with Crippen LogP contribution >= 0.6 is 0 Å². The lowest BCUT2D eigenvalue weighted by atomic mass is 9.68. The Morgan fingerprint density at radius 2 is 1.49 bits per heavy atom. The van der Waals surface area contributed by atoms with E-state index < -0.39 is 0 Å². The molecule has 4 aliphatic rings. The number of para-hydroxylation sites is 2. The summed E-state index contributed by atoms with van der Waals surface area (Å²) in [5, 5.41) is 0. The minimum absolute atomic E-state index is 0.106. The molecule has 4 bridgehead atoms. The van der Waals surface area contributed by atoms with E-state index in [4.69, 9.17) is 4.98 Å². The van der Waals surface area contributed by atoms with Gasteiger partial charge < -0.3 is 9.55 Å². The van der Waals surface area contributed by atoms with Crippen molar-refractivity contribution in [1.82, 2.24) is 19.4 Å². The van der Waals surface area contributed by atoms with Gasteiger partial charge in [0.15, 0.2) is 0 Å². The van der Waals surface area contributed by atoms with Gasteiger partial charge in [-0.15, -0.1) is 0 Å². The van der Waals surface area contributed by atoms with Crippen molar-refractivity contribution in [3.8, 4) is 11.3 Å². The second-order valence-corrected chi connectivity index (χ2v) is 13.3. The SMILES string of the molecule is C[C@@H]1C[C@H](C)[C@H]2CC(n3c(=O)c(-c4ccc[nH]c4=O)nc4ccccc43)C[C@@H]1N2C1C[C@H]2CCCC[C@@H](C1)C2. The third kappa shape index (κ3) is 4.39. The molecule has 2 unspecified atom stereocenters. The Hall–Kier alpha value is -2.73. The Kier molecular flexibility index (Phi) is 6.49. The number of fused-ring (bicyclic) bond motifs is 5. The average molecular weight is 527 g/mol. The highest BCUT2D eigenvalue weighted by Crippen LogP contribution is 2.49. The Labute approximate surface area is 230 Å². The van der Waals surface area contributed by atoms with E-state index in [0.717, 1.165) is 35.7 Å². The third-order valence-electron chi connectivity index (χ3n) is 10.9. The molecule has 6 nitrogen and oxygen atoms in total. The molecule has 2 saturated carbocycles. The lowest BCUT2D eigenvalue weighted by Crippen LogP contribution is -2.63. The number of aromatic amines is 1. The molecule has 2 aromatic heterocycles. The van der Waals surface area contributed by atoms with Crippen LogP contribution in [0.15, 0.2) is 52.2 Å². The van der Waals surface area contributed by atoms with E-state index in [2.05, 4.69) is 23.7 Å². The molecular formula is C33H42N4O2. The van der Waals surface area contributed by atoms with E-state index in [9.17, 15) is 9.59 Å². The summed E-state index contributed by atoms with van der Waals surface area (Å²) in [5.74, 6) is 3.03. The summed E-state index contributed by atoms with van der Waals surface area (Å²) < 4.78 is 2.02. The quantitative estimate of drug-likeness (QED) is 0.444. The van der Waals surface area contributed by atoms with Crippen molar-refractivity contribution in [2.24, 2.45) is 23.7 Å². The van der Waals surface area contributed by atoms with Gasteiger partial charge in [0, 0.05) is 30.4 Å². The molecule has 2 saturated heterocycles. The Morgan fingerprint density at radius 1 is 0.795 bits per heavy atom. The van der Waals surface area contributed by atoms with Crippen molar-refractivity contribution in [2.45, 2.75) is 102 Å². The van der Waals surface area contributed by atoms with Gasteiger partial charge in [0.05, 0.1) is 16.6 Å². The first kappa shape index (κ1) is 25.3. The lowest BCUT2D eigenvalue weighted by Gasteiger charge is -2.58. The fraction of sp³-hybridized carbons (Fsp3) is 0.606. The first-order valence-corrected chi connectivity index (χ1v) is 15.4. The zero-order valence-electron chi connectivity index (χ0n) is 23.4. The van der Waals surface area contributed by atoms with Crippen LogP contribution in [0.5, 0.6) is 0 Å². The Bertz CT molecular complexity index is 1440. The van der Waals surface area contributed by atoms with Gasteiger partial charge in [-0.3, -0.25) is 14.5 Å². The van der Waals surface area contributed by atoms with Crippen LogP contribution in [0.3, 0.4) is 0 Å². The summed E-state index contributed by atoms with van der Waals surface area (Å²) in [6.07, 6.45) is 14.7. The number of hydrogen-bond donors (Lipinski definition) is 1. The predicted octanol–water partition coefficient (Wildman–Crippen LogP) is 6.16. The number of hydrogen-bond acceptors (Lipinski definition) is 4. The summed E-state index contributed by atoms with van der Waals surface area (Å²) in [5.41, 5.74) is 1.88. The Balaban J connectivity index is 1.30. The summed E-state index contributed by atoms with van der Waals surface area (Å²) in [7, 11) is 0. The van der Waals surface area contributed by atoms with Crippen molar-refractivity contribution in [3.63, 3.8) is 0 Å². The number of pyridine rings is 1. The fourth-order valence-electron chi connectivity index (χ4n) is 9.26. The number of nitrogens with one attached hydrogen (secondary N) is 1. The van der Waals surface area contributed by atoms with Crippen LogP contribution < -0.4 is 11.1 Å².